The number of amides is 1. The van der Waals surface area contributed by atoms with Crippen LogP contribution in [0.25, 0.3) is 0 Å². The first-order valence-corrected chi connectivity index (χ1v) is 9.83. The molecule has 0 unspecified atom stereocenters. The predicted octanol–water partition coefficient (Wildman–Crippen LogP) is 2.21. The van der Waals surface area contributed by atoms with Crippen LogP contribution in [0.1, 0.15) is 36.2 Å². The highest BCUT2D eigenvalue weighted by atomic mass is 16.2. The van der Waals surface area contributed by atoms with Gasteiger partial charge in [0.25, 0.3) is 5.91 Å². The Morgan fingerprint density at radius 3 is 2.15 bits per heavy atom. The van der Waals surface area contributed by atoms with E-state index >= 15 is 0 Å². The number of piperazine rings is 1. The third kappa shape index (κ3) is 4.18. The van der Waals surface area contributed by atoms with E-state index < -0.39 is 0 Å². The maximum Gasteiger partial charge on any atom is 0.272 e. The standard InChI is InChI=1S/C20H26N6O/c27-19(25-10-3-1-2-4-11-25)18-16-17(6-9-21-18)24-12-14-26(15-13-24)20-22-7-5-8-23-20/h5-9,16H,1-4,10-15H2. The van der Waals surface area contributed by atoms with Gasteiger partial charge in [-0.2, -0.15) is 0 Å². The summed E-state index contributed by atoms with van der Waals surface area (Å²) in [5.41, 5.74) is 1.63. The minimum absolute atomic E-state index is 0.0649. The molecule has 2 fully saturated rings. The van der Waals surface area contributed by atoms with Crippen LogP contribution in [0.5, 0.6) is 0 Å². The summed E-state index contributed by atoms with van der Waals surface area (Å²) in [6.45, 7) is 5.17. The lowest BCUT2D eigenvalue weighted by Gasteiger charge is -2.36. The molecule has 0 aliphatic carbocycles. The SMILES string of the molecule is O=C(c1cc(N2CCN(c3ncccn3)CC2)ccn1)N1CCCCCC1. The highest BCUT2D eigenvalue weighted by Gasteiger charge is 2.22. The van der Waals surface area contributed by atoms with Crippen LogP contribution in [0.2, 0.25) is 0 Å². The van der Waals surface area contributed by atoms with E-state index in [9.17, 15) is 4.79 Å². The van der Waals surface area contributed by atoms with E-state index in [0.717, 1.165) is 63.7 Å². The number of pyridine rings is 1. The molecule has 2 aromatic rings. The lowest BCUT2D eigenvalue weighted by atomic mass is 10.2. The van der Waals surface area contributed by atoms with Gasteiger partial charge in [0.2, 0.25) is 5.95 Å². The molecule has 0 spiro atoms. The van der Waals surface area contributed by atoms with Gasteiger partial charge < -0.3 is 14.7 Å². The topological polar surface area (TPSA) is 65.5 Å². The van der Waals surface area contributed by atoms with E-state index in [1.54, 1.807) is 18.6 Å². The molecule has 0 aromatic carbocycles. The Morgan fingerprint density at radius 2 is 1.44 bits per heavy atom. The Morgan fingerprint density at radius 1 is 0.778 bits per heavy atom. The average Bonchev–Trinajstić information content (AvgIpc) is 3.04. The normalized spacial score (nSPS) is 18.3. The number of rotatable bonds is 3. The molecule has 2 aliphatic heterocycles. The van der Waals surface area contributed by atoms with Crippen LogP contribution < -0.4 is 9.80 Å². The lowest BCUT2D eigenvalue weighted by molar-refractivity contribution is 0.0756. The van der Waals surface area contributed by atoms with E-state index in [0.29, 0.717) is 5.69 Å². The second-order valence-electron chi connectivity index (χ2n) is 7.13. The van der Waals surface area contributed by atoms with E-state index in [1.165, 1.54) is 12.8 Å². The van der Waals surface area contributed by atoms with Gasteiger partial charge in [0.15, 0.2) is 0 Å². The van der Waals surface area contributed by atoms with Crippen LogP contribution >= 0.6 is 0 Å². The van der Waals surface area contributed by atoms with Gasteiger partial charge in [0.05, 0.1) is 0 Å². The van der Waals surface area contributed by atoms with E-state index in [-0.39, 0.29) is 5.91 Å². The zero-order chi connectivity index (χ0) is 18.5. The Hall–Kier alpha value is -2.70. The largest absolute Gasteiger partial charge is 0.368 e. The van der Waals surface area contributed by atoms with Crippen molar-refractivity contribution in [3.05, 3.63) is 42.5 Å². The van der Waals surface area contributed by atoms with Crippen molar-refractivity contribution in [3.63, 3.8) is 0 Å². The molecular weight excluding hydrogens is 340 g/mol. The molecular formula is C20H26N6O. The molecule has 2 aromatic heterocycles. The molecule has 0 N–H and O–H groups in total. The molecule has 0 saturated carbocycles. The molecule has 2 saturated heterocycles. The Kier molecular flexibility index (Phi) is 5.46. The lowest BCUT2D eigenvalue weighted by Crippen LogP contribution is -2.47. The van der Waals surface area contributed by atoms with Crippen LogP contribution in [0.3, 0.4) is 0 Å². The molecule has 0 atom stereocenters. The van der Waals surface area contributed by atoms with Crippen molar-refractivity contribution in [2.75, 3.05) is 49.1 Å². The van der Waals surface area contributed by atoms with Gasteiger partial charge in [0, 0.05) is 63.5 Å². The quantitative estimate of drug-likeness (QED) is 0.830. The third-order valence-corrected chi connectivity index (χ3v) is 5.34. The number of hydrogen-bond acceptors (Lipinski definition) is 6. The molecule has 7 nitrogen and oxygen atoms in total. The summed E-state index contributed by atoms with van der Waals surface area (Å²) in [5, 5.41) is 0. The number of likely N-dealkylation sites (tertiary alicyclic amines) is 1. The monoisotopic (exact) mass is 366 g/mol. The fraction of sp³-hybridized carbons (Fsp3) is 0.500. The van der Waals surface area contributed by atoms with Crippen molar-refractivity contribution in [1.29, 1.82) is 0 Å². The summed E-state index contributed by atoms with van der Waals surface area (Å²) < 4.78 is 0. The van der Waals surface area contributed by atoms with Gasteiger partial charge in [-0.1, -0.05) is 12.8 Å². The van der Waals surface area contributed by atoms with Crippen molar-refractivity contribution in [2.24, 2.45) is 0 Å². The number of carbonyl (C=O) groups excluding carboxylic acids is 1. The second-order valence-corrected chi connectivity index (χ2v) is 7.13. The van der Waals surface area contributed by atoms with E-state index in [1.807, 2.05) is 23.1 Å². The number of aromatic nitrogens is 3. The molecule has 4 rings (SSSR count). The number of carbonyl (C=O) groups is 1. The smallest absolute Gasteiger partial charge is 0.272 e. The summed E-state index contributed by atoms with van der Waals surface area (Å²) in [6, 6.07) is 5.77. The predicted molar refractivity (Wildman–Crippen MR) is 105 cm³/mol. The Balaban J connectivity index is 1.41. The first-order valence-electron chi connectivity index (χ1n) is 9.83. The van der Waals surface area contributed by atoms with Crippen LogP contribution in [0.4, 0.5) is 11.6 Å². The van der Waals surface area contributed by atoms with Gasteiger partial charge in [-0.05, 0) is 31.0 Å². The third-order valence-electron chi connectivity index (χ3n) is 5.34. The Labute approximate surface area is 160 Å². The second kappa shape index (κ2) is 8.33. The summed E-state index contributed by atoms with van der Waals surface area (Å²) >= 11 is 0. The van der Waals surface area contributed by atoms with Crippen LogP contribution in [-0.2, 0) is 0 Å². The highest BCUT2D eigenvalue weighted by Crippen LogP contribution is 2.20. The van der Waals surface area contributed by atoms with Gasteiger partial charge in [-0.15, -0.1) is 0 Å². The van der Waals surface area contributed by atoms with Crippen molar-refractivity contribution < 1.29 is 4.79 Å². The average molecular weight is 366 g/mol. The maximum atomic E-state index is 12.8. The molecule has 27 heavy (non-hydrogen) atoms. The van der Waals surface area contributed by atoms with E-state index in [2.05, 4.69) is 24.8 Å². The van der Waals surface area contributed by atoms with Crippen molar-refractivity contribution in [1.82, 2.24) is 19.9 Å². The number of nitrogens with zero attached hydrogens (tertiary/aromatic N) is 6. The van der Waals surface area contributed by atoms with E-state index in [4.69, 9.17) is 0 Å². The molecule has 2 aliphatic rings. The highest BCUT2D eigenvalue weighted by molar-refractivity contribution is 5.93. The number of hydrogen-bond donors (Lipinski definition) is 0. The van der Waals surface area contributed by atoms with Crippen molar-refractivity contribution in [2.45, 2.75) is 25.7 Å². The molecule has 7 heteroatoms. The Bertz CT molecular complexity index is 752. The van der Waals surface area contributed by atoms with Crippen LogP contribution in [0.15, 0.2) is 36.8 Å². The summed E-state index contributed by atoms with van der Waals surface area (Å²) in [4.78, 5) is 32.3. The van der Waals surface area contributed by atoms with Crippen molar-refractivity contribution >= 4 is 17.5 Å². The number of anilines is 2. The van der Waals surface area contributed by atoms with Gasteiger partial charge in [0.1, 0.15) is 5.69 Å². The fourth-order valence-electron chi connectivity index (χ4n) is 3.79. The minimum atomic E-state index is 0.0649. The minimum Gasteiger partial charge on any atom is -0.368 e. The van der Waals surface area contributed by atoms with Crippen molar-refractivity contribution in [3.8, 4) is 0 Å². The zero-order valence-corrected chi connectivity index (χ0v) is 15.6. The summed E-state index contributed by atoms with van der Waals surface area (Å²) in [7, 11) is 0. The summed E-state index contributed by atoms with van der Waals surface area (Å²) in [5.74, 6) is 0.846. The van der Waals surface area contributed by atoms with Crippen LogP contribution in [0, 0.1) is 0 Å². The molecule has 1 amide bonds. The summed E-state index contributed by atoms with van der Waals surface area (Å²) in [6.07, 6.45) is 9.92. The van der Waals surface area contributed by atoms with Crippen LogP contribution in [-0.4, -0.2) is 65.0 Å². The molecule has 0 radical (unpaired) electrons. The zero-order valence-electron chi connectivity index (χ0n) is 15.6. The maximum absolute atomic E-state index is 12.8. The molecule has 142 valence electrons. The van der Waals surface area contributed by atoms with Gasteiger partial charge in [-0.25, -0.2) is 9.97 Å². The fourth-order valence-corrected chi connectivity index (χ4v) is 3.79. The first-order chi connectivity index (χ1) is 13.3. The first kappa shape index (κ1) is 17.7. The molecule has 4 heterocycles. The molecule has 0 bridgehead atoms. The van der Waals surface area contributed by atoms with Gasteiger partial charge >= 0.3 is 0 Å². The van der Waals surface area contributed by atoms with Gasteiger partial charge in [-0.3, -0.25) is 9.78 Å².